The Morgan fingerprint density at radius 3 is 2.81 bits per heavy atom. The second kappa shape index (κ2) is 7.71. The molecule has 1 N–H and O–H groups in total. The summed E-state index contributed by atoms with van der Waals surface area (Å²) in [6, 6.07) is 6.81. The second-order valence-electron chi connectivity index (χ2n) is 5.21. The van der Waals surface area contributed by atoms with Gasteiger partial charge in [-0.05, 0) is 44.0 Å². The lowest BCUT2D eigenvalue weighted by Crippen LogP contribution is -2.25. The van der Waals surface area contributed by atoms with E-state index in [0.29, 0.717) is 0 Å². The number of hydrogen-bond donors (Lipinski definition) is 1. The van der Waals surface area contributed by atoms with Crippen LogP contribution in [0.25, 0.3) is 0 Å². The molecule has 0 amide bonds. The molecule has 0 bridgehead atoms. The van der Waals surface area contributed by atoms with Crippen LogP contribution in [0.5, 0.6) is 0 Å². The van der Waals surface area contributed by atoms with E-state index in [0.717, 1.165) is 36.2 Å². The topological polar surface area (TPSA) is 42.7 Å². The van der Waals surface area contributed by atoms with Crippen molar-refractivity contribution in [3.63, 3.8) is 0 Å². The minimum atomic E-state index is 0.270. The highest BCUT2D eigenvalue weighted by atomic mass is 79.9. The van der Waals surface area contributed by atoms with Crippen LogP contribution in [0.15, 0.2) is 29.0 Å². The molecule has 0 spiro atoms. The molecule has 0 radical (unpaired) electrons. The summed E-state index contributed by atoms with van der Waals surface area (Å²) in [5, 5.41) is 7.89. The van der Waals surface area contributed by atoms with Crippen LogP contribution in [0.2, 0.25) is 0 Å². The lowest BCUT2D eigenvalue weighted by Gasteiger charge is -2.19. The third-order valence-electron chi connectivity index (χ3n) is 3.61. The molecule has 1 aromatic heterocycles. The number of aryl methyl sites for hydroxylation is 2. The summed E-state index contributed by atoms with van der Waals surface area (Å²) < 4.78 is 3.11. The van der Waals surface area contributed by atoms with E-state index < -0.39 is 0 Å². The summed E-state index contributed by atoms with van der Waals surface area (Å²) in [6.07, 6.45) is 3.62. The normalized spacial score (nSPS) is 12.6. The average Bonchev–Trinajstić information content (AvgIpc) is 2.93. The summed E-state index contributed by atoms with van der Waals surface area (Å²) >= 11 is 3.57. The van der Waals surface area contributed by atoms with Gasteiger partial charge in [0.1, 0.15) is 12.2 Å². The Morgan fingerprint density at radius 1 is 1.33 bits per heavy atom. The van der Waals surface area contributed by atoms with Crippen LogP contribution < -0.4 is 5.32 Å². The van der Waals surface area contributed by atoms with Crippen molar-refractivity contribution in [3.8, 4) is 0 Å². The van der Waals surface area contributed by atoms with Gasteiger partial charge < -0.3 is 5.32 Å². The molecule has 21 heavy (non-hydrogen) atoms. The van der Waals surface area contributed by atoms with Crippen LogP contribution in [-0.4, -0.2) is 21.3 Å². The second-order valence-corrected chi connectivity index (χ2v) is 6.07. The quantitative estimate of drug-likeness (QED) is 0.828. The van der Waals surface area contributed by atoms with Gasteiger partial charge in [-0.15, -0.1) is 0 Å². The van der Waals surface area contributed by atoms with Crippen molar-refractivity contribution in [2.75, 3.05) is 6.54 Å². The van der Waals surface area contributed by atoms with Crippen molar-refractivity contribution in [3.05, 3.63) is 46.0 Å². The third-order valence-corrected chi connectivity index (χ3v) is 4.50. The Labute approximate surface area is 135 Å². The fraction of sp³-hybridized carbons (Fsp3) is 0.500. The number of nitrogens with one attached hydrogen (secondary N) is 1. The maximum atomic E-state index is 4.40. The Kier molecular flexibility index (Phi) is 5.94. The van der Waals surface area contributed by atoms with Gasteiger partial charge in [0.05, 0.1) is 0 Å². The molecule has 0 saturated heterocycles. The lowest BCUT2D eigenvalue weighted by molar-refractivity contribution is 0.496. The highest BCUT2D eigenvalue weighted by Gasteiger charge is 2.15. The van der Waals surface area contributed by atoms with Gasteiger partial charge in [-0.1, -0.05) is 35.0 Å². The van der Waals surface area contributed by atoms with Gasteiger partial charge >= 0.3 is 0 Å². The van der Waals surface area contributed by atoms with Crippen molar-refractivity contribution < 1.29 is 0 Å². The van der Waals surface area contributed by atoms with Crippen molar-refractivity contribution >= 4 is 15.9 Å². The molecule has 0 aliphatic rings. The van der Waals surface area contributed by atoms with Crippen LogP contribution in [0, 0.1) is 6.92 Å². The molecule has 0 saturated carbocycles. The maximum absolute atomic E-state index is 4.40. The Bertz CT molecular complexity index is 579. The first-order chi connectivity index (χ1) is 10.2. The first-order valence-electron chi connectivity index (χ1n) is 7.51. The third kappa shape index (κ3) is 4.14. The smallest absolute Gasteiger partial charge is 0.138 e. The van der Waals surface area contributed by atoms with Crippen molar-refractivity contribution in [1.82, 2.24) is 20.1 Å². The molecule has 5 heteroatoms. The molecular weight excluding hydrogens is 328 g/mol. The summed E-state index contributed by atoms with van der Waals surface area (Å²) in [4.78, 5) is 4.40. The molecular formula is C16H23BrN4. The van der Waals surface area contributed by atoms with Crippen LogP contribution in [-0.2, 0) is 13.0 Å². The van der Waals surface area contributed by atoms with E-state index in [4.69, 9.17) is 0 Å². The summed E-state index contributed by atoms with van der Waals surface area (Å²) in [5.41, 5.74) is 2.56. The van der Waals surface area contributed by atoms with E-state index >= 15 is 0 Å². The van der Waals surface area contributed by atoms with Crippen molar-refractivity contribution in [1.29, 1.82) is 0 Å². The maximum Gasteiger partial charge on any atom is 0.138 e. The van der Waals surface area contributed by atoms with E-state index in [1.54, 1.807) is 6.33 Å². The monoisotopic (exact) mass is 350 g/mol. The van der Waals surface area contributed by atoms with Crippen LogP contribution >= 0.6 is 15.9 Å². The van der Waals surface area contributed by atoms with Gasteiger partial charge in [0.25, 0.3) is 0 Å². The lowest BCUT2D eigenvalue weighted by atomic mass is 10.0. The number of benzene rings is 1. The molecule has 2 aromatic rings. The number of nitrogens with zero attached hydrogens (tertiary/aromatic N) is 3. The molecule has 1 unspecified atom stereocenters. The Hall–Kier alpha value is -1.20. The molecule has 1 aromatic carbocycles. The fourth-order valence-electron chi connectivity index (χ4n) is 2.40. The summed E-state index contributed by atoms with van der Waals surface area (Å²) in [7, 11) is 0. The van der Waals surface area contributed by atoms with E-state index in [2.05, 4.69) is 70.3 Å². The van der Waals surface area contributed by atoms with Gasteiger partial charge in [0, 0.05) is 23.5 Å². The van der Waals surface area contributed by atoms with Crippen LogP contribution in [0.4, 0.5) is 0 Å². The van der Waals surface area contributed by atoms with Crippen LogP contribution in [0.1, 0.15) is 43.3 Å². The minimum absolute atomic E-state index is 0.270. The van der Waals surface area contributed by atoms with E-state index in [9.17, 15) is 0 Å². The Morgan fingerprint density at radius 2 is 2.14 bits per heavy atom. The predicted octanol–water partition coefficient (Wildman–Crippen LogP) is 3.65. The number of halogens is 1. The summed E-state index contributed by atoms with van der Waals surface area (Å²) in [6.45, 7) is 8.26. The van der Waals surface area contributed by atoms with E-state index in [-0.39, 0.29) is 6.04 Å². The van der Waals surface area contributed by atoms with Crippen LogP contribution in [0.3, 0.4) is 0 Å². The Balaban J connectivity index is 2.23. The standard InChI is InChI=1S/C16H23BrN4/c1-4-8-18-15(10-16-19-11-20-21(16)5-2)13-6-7-14(17)12(3)9-13/h6-7,9,11,15,18H,4-5,8,10H2,1-3H3. The molecule has 0 aliphatic carbocycles. The minimum Gasteiger partial charge on any atom is -0.310 e. The van der Waals surface area contributed by atoms with Gasteiger partial charge in [-0.2, -0.15) is 5.10 Å². The number of aromatic nitrogens is 3. The molecule has 1 atom stereocenters. The van der Waals surface area contributed by atoms with Gasteiger partial charge in [-0.25, -0.2) is 4.98 Å². The molecule has 2 rings (SSSR count). The van der Waals surface area contributed by atoms with Gasteiger partial charge in [-0.3, -0.25) is 4.68 Å². The first kappa shape index (κ1) is 16.2. The fourth-order valence-corrected chi connectivity index (χ4v) is 2.65. The summed E-state index contributed by atoms with van der Waals surface area (Å²) in [5.74, 6) is 1.03. The highest BCUT2D eigenvalue weighted by Crippen LogP contribution is 2.23. The highest BCUT2D eigenvalue weighted by molar-refractivity contribution is 9.10. The number of hydrogen-bond acceptors (Lipinski definition) is 3. The zero-order chi connectivity index (χ0) is 15.2. The van der Waals surface area contributed by atoms with E-state index in [1.165, 1.54) is 11.1 Å². The molecule has 0 fully saturated rings. The zero-order valence-electron chi connectivity index (χ0n) is 12.9. The average molecular weight is 351 g/mol. The van der Waals surface area contributed by atoms with Gasteiger partial charge in [0.15, 0.2) is 0 Å². The molecule has 0 aliphatic heterocycles. The van der Waals surface area contributed by atoms with Crippen molar-refractivity contribution in [2.45, 2.75) is 46.2 Å². The van der Waals surface area contributed by atoms with Gasteiger partial charge in [0.2, 0.25) is 0 Å². The molecule has 114 valence electrons. The predicted molar refractivity (Wildman–Crippen MR) is 89.3 cm³/mol. The van der Waals surface area contributed by atoms with Crippen molar-refractivity contribution in [2.24, 2.45) is 0 Å². The molecule has 1 heterocycles. The molecule has 4 nitrogen and oxygen atoms in total. The SMILES string of the molecule is CCCNC(Cc1ncnn1CC)c1ccc(Br)c(C)c1. The number of rotatable bonds is 7. The largest absolute Gasteiger partial charge is 0.310 e. The van der Waals surface area contributed by atoms with E-state index in [1.807, 2.05) is 4.68 Å². The zero-order valence-corrected chi connectivity index (χ0v) is 14.5. The first-order valence-corrected chi connectivity index (χ1v) is 8.31.